The molecule has 0 aliphatic rings. The summed E-state index contributed by atoms with van der Waals surface area (Å²) in [5.41, 5.74) is 4.41. The molecule has 0 rings (SSSR count). The Balaban J connectivity index is 3.79. The third kappa shape index (κ3) is 8.34. The lowest BCUT2D eigenvalue weighted by Gasteiger charge is -2.21. The summed E-state index contributed by atoms with van der Waals surface area (Å²) in [4.78, 5) is 33.0. The number of urea groups is 1. The van der Waals surface area contributed by atoms with E-state index in [1.54, 1.807) is 13.8 Å². The smallest absolute Gasteiger partial charge is 0.314 e. The van der Waals surface area contributed by atoms with Crippen molar-refractivity contribution in [3.8, 4) is 0 Å². The van der Waals surface area contributed by atoms with Gasteiger partial charge >= 0.3 is 12.0 Å². The molecule has 0 fully saturated rings. The van der Waals surface area contributed by atoms with E-state index in [1.807, 2.05) is 6.92 Å². The van der Waals surface area contributed by atoms with E-state index in [9.17, 15) is 14.4 Å². The number of carboxylic acids is 1. The van der Waals surface area contributed by atoms with Gasteiger partial charge in [-0.25, -0.2) is 4.79 Å². The highest BCUT2D eigenvalue weighted by Gasteiger charge is 2.25. The van der Waals surface area contributed by atoms with Crippen molar-refractivity contribution in [1.82, 2.24) is 10.6 Å². The van der Waals surface area contributed by atoms with Gasteiger partial charge in [0.15, 0.2) is 0 Å². The first-order chi connectivity index (χ1) is 9.15. The zero-order valence-electron chi connectivity index (χ0n) is 12.4. The maximum atomic E-state index is 11.5. The lowest BCUT2D eigenvalue weighted by molar-refractivity contribution is -0.137. The molecule has 5 N–H and O–H groups in total. The van der Waals surface area contributed by atoms with E-state index >= 15 is 0 Å². The zero-order valence-corrected chi connectivity index (χ0v) is 12.4. The molecule has 1 atom stereocenters. The van der Waals surface area contributed by atoms with Crippen LogP contribution in [-0.2, 0) is 9.59 Å². The number of carbonyl (C=O) groups is 3. The van der Waals surface area contributed by atoms with Gasteiger partial charge in [-0.15, -0.1) is 0 Å². The van der Waals surface area contributed by atoms with Gasteiger partial charge in [-0.2, -0.15) is 0 Å². The summed E-state index contributed by atoms with van der Waals surface area (Å²) >= 11 is 0. The van der Waals surface area contributed by atoms with Crippen molar-refractivity contribution in [2.24, 2.45) is 17.1 Å². The number of primary amides is 1. The van der Waals surface area contributed by atoms with E-state index in [1.165, 1.54) is 0 Å². The number of rotatable bonds is 9. The molecule has 0 aromatic rings. The lowest BCUT2D eigenvalue weighted by Crippen LogP contribution is -2.45. The summed E-state index contributed by atoms with van der Waals surface area (Å²) in [5, 5.41) is 13.8. The SMILES string of the molecule is CC(CCNC(=O)NCC(C)(C)C(N)=O)CCC(=O)O. The van der Waals surface area contributed by atoms with Crippen LogP contribution < -0.4 is 16.4 Å². The van der Waals surface area contributed by atoms with E-state index in [2.05, 4.69) is 10.6 Å². The number of hydrogen-bond acceptors (Lipinski definition) is 3. The van der Waals surface area contributed by atoms with Gasteiger partial charge in [0, 0.05) is 19.5 Å². The Hall–Kier alpha value is -1.79. The Kier molecular flexibility index (Phi) is 7.64. The molecule has 0 aliphatic heterocycles. The third-order valence-corrected chi connectivity index (χ3v) is 3.13. The van der Waals surface area contributed by atoms with Gasteiger partial charge in [-0.05, 0) is 32.6 Å². The van der Waals surface area contributed by atoms with Gasteiger partial charge in [0.05, 0.1) is 5.41 Å². The summed E-state index contributed by atoms with van der Waals surface area (Å²) in [6.45, 7) is 5.89. The van der Waals surface area contributed by atoms with Crippen molar-refractivity contribution in [2.45, 2.75) is 40.0 Å². The largest absolute Gasteiger partial charge is 0.481 e. The Morgan fingerprint density at radius 2 is 1.80 bits per heavy atom. The predicted octanol–water partition coefficient (Wildman–Crippen LogP) is 0.688. The van der Waals surface area contributed by atoms with Crippen LogP contribution in [0.2, 0.25) is 0 Å². The highest BCUT2D eigenvalue weighted by molar-refractivity contribution is 5.81. The normalized spacial score (nSPS) is 12.6. The molecular formula is C13H25N3O4. The van der Waals surface area contributed by atoms with Gasteiger partial charge in [0.2, 0.25) is 5.91 Å². The average Bonchev–Trinajstić information content (AvgIpc) is 2.34. The van der Waals surface area contributed by atoms with Crippen molar-refractivity contribution in [3.05, 3.63) is 0 Å². The molecule has 116 valence electrons. The van der Waals surface area contributed by atoms with Crippen LogP contribution in [0.1, 0.15) is 40.0 Å². The molecule has 0 saturated heterocycles. The highest BCUT2D eigenvalue weighted by Crippen LogP contribution is 2.11. The molecule has 0 aromatic carbocycles. The van der Waals surface area contributed by atoms with Gasteiger partial charge in [0.1, 0.15) is 0 Å². The van der Waals surface area contributed by atoms with E-state index in [4.69, 9.17) is 10.8 Å². The number of hydrogen-bond donors (Lipinski definition) is 4. The fraction of sp³-hybridized carbons (Fsp3) is 0.769. The zero-order chi connectivity index (χ0) is 15.8. The topological polar surface area (TPSA) is 122 Å². The first kappa shape index (κ1) is 18.2. The van der Waals surface area contributed by atoms with Crippen LogP contribution in [0.3, 0.4) is 0 Å². The maximum absolute atomic E-state index is 11.5. The van der Waals surface area contributed by atoms with Crippen LogP contribution in [0.5, 0.6) is 0 Å². The highest BCUT2D eigenvalue weighted by atomic mass is 16.4. The van der Waals surface area contributed by atoms with E-state index in [-0.39, 0.29) is 24.9 Å². The monoisotopic (exact) mass is 287 g/mol. The third-order valence-electron chi connectivity index (χ3n) is 3.13. The van der Waals surface area contributed by atoms with Crippen molar-refractivity contribution >= 4 is 17.9 Å². The average molecular weight is 287 g/mol. The van der Waals surface area contributed by atoms with E-state index < -0.39 is 17.3 Å². The van der Waals surface area contributed by atoms with Gasteiger partial charge in [-0.3, -0.25) is 9.59 Å². The summed E-state index contributed by atoms with van der Waals surface area (Å²) in [7, 11) is 0. The molecule has 20 heavy (non-hydrogen) atoms. The van der Waals surface area contributed by atoms with E-state index in [0.717, 1.165) is 0 Å². The molecule has 0 bridgehead atoms. The fourth-order valence-electron chi connectivity index (χ4n) is 1.40. The summed E-state index contributed by atoms with van der Waals surface area (Å²) in [6, 6.07) is -0.357. The van der Waals surface area contributed by atoms with Crippen LogP contribution in [0.25, 0.3) is 0 Å². The molecule has 0 aromatic heterocycles. The van der Waals surface area contributed by atoms with Crippen molar-refractivity contribution in [3.63, 3.8) is 0 Å². The molecule has 7 heteroatoms. The molecule has 0 saturated carbocycles. The molecule has 7 nitrogen and oxygen atoms in total. The van der Waals surface area contributed by atoms with Crippen LogP contribution in [0.4, 0.5) is 4.79 Å². The van der Waals surface area contributed by atoms with Gasteiger partial charge in [-0.1, -0.05) is 6.92 Å². The first-order valence-electron chi connectivity index (χ1n) is 6.68. The Morgan fingerprint density at radius 3 is 2.30 bits per heavy atom. The molecule has 3 amide bonds. The molecule has 0 aliphatic carbocycles. The number of nitrogens with one attached hydrogen (secondary N) is 2. The summed E-state index contributed by atoms with van der Waals surface area (Å²) in [6.07, 6.45) is 1.44. The lowest BCUT2D eigenvalue weighted by atomic mass is 9.93. The van der Waals surface area contributed by atoms with Crippen LogP contribution in [-0.4, -0.2) is 36.1 Å². The molecule has 0 spiro atoms. The van der Waals surface area contributed by atoms with Crippen molar-refractivity contribution < 1.29 is 19.5 Å². The minimum absolute atomic E-state index is 0.139. The number of nitrogens with two attached hydrogens (primary N) is 1. The molecular weight excluding hydrogens is 262 g/mol. The minimum Gasteiger partial charge on any atom is -0.481 e. The number of carboxylic acid groups (broad SMARTS) is 1. The predicted molar refractivity (Wildman–Crippen MR) is 75.0 cm³/mol. The Morgan fingerprint density at radius 1 is 1.20 bits per heavy atom. The van der Waals surface area contributed by atoms with Crippen molar-refractivity contribution in [2.75, 3.05) is 13.1 Å². The minimum atomic E-state index is -0.809. The van der Waals surface area contributed by atoms with Crippen LogP contribution in [0.15, 0.2) is 0 Å². The fourth-order valence-corrected chi connectivity index (χ4v) is 1.40. The Bertz CT molecular complexity index is 356. The second-order valence-corrected chi connectivity index (χ2v) is 5.68. The second kappa shape index (κ2) is 8.39. The van der Waals surface area contributed by atoms with E-state index in [0.29, 0.717) is 19.4 Å². The first-order valence-corrected chi connectivity index (χ1v) is 6.68. The summed E-state index contributed by atoms with van der Waals surface area (Å²) < 4.78 is 0. The van der Waals surface area contributed by atoms with Crippen LogP contribution >= 0.6 is 0 Å². The number of carbonyl (C=O) groups excluding carboxylic acids is 2. The second-order valence-electron chi connectivity index (χ2n) is 5.68. The Labute approximate surface area is 119 Å². The summed E-state index contributed by atoms with van der Waals surface area (Å²) in [5.74, 6) is -1.05. The molecule has 0 heterocycles. The maximum Gasteiger partial charge on any atom is 0.314 e. The van der Waals surface area contributed by atoms with Crippen LogP contribution in [0, 0.1) is 11.3 Å². The quantitative estimate of drug-likeness (QED) is 0.498. The number of amides is 3. The standard InChI is InChI=1S/C13H25N3O4/c1-9(4-5-10(17)18)6-7-15-12(20)16-8-13(2,3)11(14)19/h9H,4-8H2,1-3H3,(H2,14,19)(H,17,18)(H2,15,16,20). The van der Waals surface area contributed by atoms with Gasteiger partial charge in [0.25, 0.3) is 0 Å². The molecule has 1 unspecified atom stereocenters. The van der Waals surface area contributed by atoms with Crippen molar-refractivity contribution in [1.29, 1.82) is 0 Å². The van der Waals surface area contributed by atoms with Gasteiger partial charge < -0.3 is 21.5 Å². The molecule has 0 radical (unpaired) electrons. The number of aliphatic carboxylic acids is 1.